The van der Waals surface area contributed by atoms with E-state index in [-0.39, 0.29) is 5.91 Å². The number of carbonyl (C=O) groups excluding carboxylic acids is 1. The van der Waals surface area contributed by atoms with Crippen LogP contribution in [0.3, 0.4) is 0 Å². The smallest absolute Gasteiger partial charge is 0.259 e. The summed E-state index contributed by atoms with van der Waals surface area (Å²) >= 11 is 15.8. The Balaban J connectivity index is 1.21. The Morgan fingerprint density at radius 2 is 1.82 bits per heavy atom. The van der Waals surface area contributed by atoms with Crippen LogP contribution in [0.4, 0.5) is 10.1 Å². The van der Waals surface area contributed by atoms with E-state index in [0.717, 1.165) is 47.8 Å². The molecule has 2 fully saturated rings. The summed E-state index contributed by atoms with van der Waals surface area (Å²) in [5.74, 6) is -0.310. The first-order chi connectivity index (χ1) is 19.0. The number of carbonyl (C=O) groups is 1. The molecule has 0 aromatic carbocycles. The third-order valence-corrected chi connectivity index (χ3v) is 9.94. The summed E-state index contributed by atoms with van der Waals surface area (Å²) in [5.41, 5.74) is 2.41. The summed E-state index contributed by atoms with van der Waals surface area (Å²) in [6, 6.07) is 9.81. The molecule has 0 bridgehead atoms. The van der Waals surface area contributed by atoms with Crippen molar-refractivity contribution >= 4 is 61.9 Å². The maximum absolute atomic E-state index is 13.2. The molecule has 0 unspecified atom stereocenters. The Labute approximate surface area is 245 Å². The number of nitrogens with one attached hydrogen (secondary N) is 1. The fourth-order valence-corrected chi connectivity index (χ4v) is 7.76. The zero-order valence-electron chi connectivity index (χ0n) is 21.3. The predicted octanol–water partition coefficient (Wildman–Crippen LogP) is 7.34. The molecule has 0 atom stereocenters. The zero-order chi connectivity index (χ0) is 26.8. The van der Waals surface area contributed by atoms with Gasteiger partial charge in [-0.15, -0.1) is 11.3 Å². The summed E-state index contributed by atoms with van der Waals surface area (Å²) in [7, 11) is 0. The lowest BCUT2D eigenvalue weighted by Crippen LogP contribution is -2.50. The Kier molecular flexibility index (Phi) is 8.13. The number of thiazole rings is 1. The van der Waals surface area contributed by atoms with Crippen LogP contribution in [0.25, 0.3) is 22.0 Å². The number of rotatable bonds is 6. The van der Waals surface area contributed by atoms with Gasteiger partial charge in [0.25, 0.3) is 5.91 Å². The van der Waals surface area contributed by atoms with Crippen molar-refractivity contribution in [1.29, 1.82) is 0 Å². The van der Waals surface area contributed by atoms with Crippen LogP contribution in [0.1, 0.15) is 42.5 Å². The number of nitrogens with zero attached hydrogens (tertiary/aromatic N) is 5. The quantitative estimate of drug-likeness (QED) is 0.250. The SMILES string of the molecule is O=C(Nc1nc(-c2cc(Cl)cs2)c(N2CCN(C3CCCCC3)CC2)s1)c1cnc(-c2ccccn2)c(Cl)c1. The van der Waals surface area contributed by atoms with E-state index in [1.165, 1.54) is 49.6 Å². The van der Waals surface area contributed by atoms with Gasteiger partial charge >= 0.3 is 0 Å². The second kappa shape index (κ2) is 11.9. The van der Waals surface area contributed by atoms with Crippen molar-refractivity contribution in [3.8, 4) is 22.0 Å². The number of aromatic nitrogens is 3. The summed E-state index contributed by atoms with van der Waals surface area (Å²) in [6.07, 6.45) is 9.90. The number of hydrogen-bond acceptors (Lipinski definition) is 8. The number of anilines is 2. The van der Waals surface area contributed by atoms with E-state index >= 15 is 0 Å². The molecule has 1 aliphatic heterocycles. The van der Waals surface area contributed by atoms with Crippen molar-refractivity contribution in [1.82, 2.24) is 19.9 Å². The molecule has 1 N–H and O–H groups in total. The van der Waals surface area contributed by atoms with Crippen molar-refractivity contribution in [2.45, 2.75) is 38.1 Å². The van der Waals surface area contributed by atoms with Crippen molar-refractivity contribution in [2.75, 3.05) is 36.4 Å². The molecule has 11 heteroatoms. The lowest BCUT2D eigenvalue weighted by molar-refractivity contribution is 0.102. The zero-order valence-corrected chi connectivity index (χ0v) is 24.4. The molecule has 39 heavy (non-hydrogen) atoms. The molecule has 1 aliphatic carbocycles. The summed E-state index contributed by atoms with van der Waals surface area (Å²) in [5, 5.41) is 7.54. The average molecular weight is 600 g/mol. The van der Waals surface area contributed by atoms with Gasteiger partial charge in [0.15, 0.2) is 5.13 Å². The number of hydrogen-bond donors (Lipinski definition) is 1. The highest BCUT2D eigenvalue weighted by molar-refractivity contribution is 7.21. The maximum atomic E-state index is 13.2. The molecule has 1 saturated heterocycles. The standard InChI is InChI=1S/C28H28Cl2N6OS2/c29-19-15-23(38-17-19)25-27(36-12-10-35(11-13-36)20-6-2-1-3-7-20)39-28(33-25)34-26(37)18-14-21(30)24(32-16-18)22-8-4-5-9-31-22/h4-5,8-9,14-17,20H,1-3,6-7,10-13H2,(H,33,34,37). The second-order valence-electron chi connectivity index (χ2n) is 9.84. The second-order valence-corrected chi connectivity index (χ2v) is 12.6. The Morgan fingerprint density at radius 1 is 1.00 bits per heavy atom. The summed E-state index contributed by atoms with van der Waals surface area (Å²) in [6.45, 7) is 3.96. The molecule has 0 radical (unpaired) electrons. The van der Waals surface area contributed by atoms with E-state index < -0.39 is 0 Å². The highest BCUT2D eigenvalue weighted by atomic mass is 35.5. The Bertz CT molecular complexity index is 1450. The molecule has 4 aromatic heterocycles. The third-order valence-electron chi connectivity index (χ3n) is 7.33. The number of pyridine rings is 2. The Hall–Kier alpha value is -2.56. The molecule has 4 aromatic rings. The molecule has 2 aliphatic rings. The molecule has 6 rings (SSSR count). The van der Waals surface area contributed by atoms with Crippen LogP contribution in [0.2, 0.25) is 10.0 Å². The van der Waals surface area contributed by atoms with Gasteiger partial charge < -0.3 is 4.90 Å². The number of piperazine rings is 1. The monoisotopic (exact) mass is 598 g/mol. The average Bonchev–Trinajstić information content (AvgIpc) is 3.60. The van der Waals surface area contributed by atoms with Gasteiger partial charge in [0.05, 0.1) is 26.2 Å². The predicted molar refractivity (Wildman–Crippen MR) is 162 cm³/mol. The lowest BCUT2D eigenvalue weighted by Gasteiger charge is -2.41. The minimum Gasteiger partial charge on any atom is -0.359 e. The van der Waals surface area contributed by atoms with Crippen molar-refractivity contribution in [3.05, 3.63) is 63.7 Å². The van der Waals surface area contributed by atoms with Gasteiger partial charge in [0.2, 0.25) is 0 Å². The van der Waals surface area contributed by atoms with Crippen molar-refractivity contribution < 1.29 is 4.79 Å². The molecular formula is C28H28Cl2N6OS2. The fourth-order valence-electron chi connectivity index (χ4n) is 5.34. The molecule has 7 nitrogen and oxygen atoms in total. The minimum atomic E-state index is -0.310. The topological polar surface area (TPSA) is 74.2 Å². The van der Waals surface area contributed by atoms with Crippen LogP contribution in [-0.2, 0) is 0 Å². The van der Waals surface area contributed by atoms with Crippen LogP contribution >= 0.6 is 45.9 Å². The minimum absolute atomic E-state index is 0.310. The molecule has 0 spiro atoms. The van der Waals surface area contributed by atoms with Crippen LogP contribution in [0, 0.1) is 0 Å². The molecule has 5 heterocycles. The van der Waals surface area contributed by atoms with E-state index in [9.17, 15) is 4.79 Å². The summed E-state index contributed by atoms with van der Waals surface area (Å²) < 4.78 is 0. The van der Waals surface area contributed by atoms with E-state index in [0.29, 0.717) is 32.1 Å². The van der Waals surface area contributed by atoms with Crippen LogP contribution in [0.15, 0.2) is 48.1 Å². The fraction of sp³-hybridized carbons (Fsp3) is 0.357. The van der Waals surface area contributed by atoms with E-state index in [2.05, 4.69) is 25.1 Å². The van der Waals surface area contributed by atoms with Gasteiger partial charge in [0, 0.05) is 50.0 Å². The van der Waals surface area contributed by atoms with Gasteiger partial charge in [0.1, 0.15) is 16.4 Å². The lowest BCUT2D eigenvalue weighted by atomic mass is 9.94. The van der Waals surface area contributed by atoms with Gasteiger partial charge in [-0.25, -0.2) is 4.98 Å². The van der Waals surface area contributed by atoms with Crippen LogP contribution in [-0.4, -0.2) is 58.0 Å². The van der Waals surface area contributed by atoms with Crippen molar-refractivity contribution in [2.24, 2.45) is 0 Å². The van der Waals surface area contributed by atoms with E-state index in [1.807, 2.05) is 29.6 Å². The first kappa shape index (κ1) is 26.7. The third kappa shape index (κ3) is 5.98. The summed E-state index contributed by atoms with van der Waals surface area (Å²) in [4.78, 5) is 32.8. The highest BCUT2D eigenvalue weighted by Crippen LogP contribution is 2.42. The van der Waals surface area contributed by atoms with Crippen LogP contribution in [0.5, 0.6) is 0 Å². The normalized spacial score (nSPS) is 16.9. The van der Waals surface area contributed by atoms with E-state index in [1.54, 1.807) is 23.6 Å². The molecule has 1 amide bonds. The largest absolute Gasteiger partial charge is 0.359 e. The van der Waals surface area contributed by atoms with Gasteiger partial charge in [-0.1, -0.05) is 59.9 Å². The van der Waals surface area contributed by atoms with E-state index in [4.69, 9.17) is 28.2 Å². The Morgan fingerprint density at radius 3 is 2.51 bits per heavy atom. The molecular weight excluding hydrogens is 571 g/mol. The first-order valence-electron chi connectivity index (χ1n) is 13.2. The molecule has 202 valence electrons. The maximum Gasteiger partial charge on any atom is 0.259 e. The van der Waals surface area contributed by atoms with Gasteiger partial charge in [-0.05, 0) is 37.1 Å². The van der Waals surface area contributed by atoms with Gasteiger partial charge in [-0.3, -0.25) is 25.0 Å². The first-order valence-corrected chi connectivity index (χ1v) is 15.6. The number of amides is 1. The van der Waals surface area contributed by atoms with Crippen LogP contribution < -0.4 is 10.2 Å². The van der Waals surface area contributed by atoms with Gasteiger partial charge in [-0.2, -0.15) is 0 Å². The highest BCUT2D eigenvalue weighted by Gasteiger charge is 2.28. The number of halogens is 2. The number of thiophene rings is 1. The van der Waals surface area contributed by atoms with Crippen molar-refractivity contribution in [3.63, 3.8) is 0 Å². The molecule has 1 saturated carbocycles.